The molecule has 2 aliphatic rings. The molecule has 7 nitrogen and oxygen atoms in total. The quantitative estimate of drug-likeness (QED) is 0.531. The van der Waals surface area contributed by atoms with Crippen LogP contribution in [0, 0.1) is 5.92 Å². The van der Waals surface area contributed by atoms with Gasteiger partial charge in [0.1, 0.15) is 12.1 Å². The van der Waals surface area contributed by atoms with Gasteiger partial charge >= 0.3 is 0 Å². The molecule has 4 aromatic rings. The van der Waals surface area contributed by atoms with Crippen molar-refractivity contribution in [2.24, 2.45) is 5.92 Å². The van der Waals surface area contributed by atoms with Crippen LogP contribution in [-0.4, -0.2) is 37.4 Å². The molecule has 5 heterocycles. The molecule has 0 N–H and O–H groups in total. The number of aromatic nitrogens is 5. The molecule has 2 aliphatic heterocycles. The zero-order valence-corrected chi connectivity index (χ0v) is 15.8. The fourth-order valence-electron chi connectivity index (χ4n) is 4.91. The van der Waals surface area contributed by atoms with Gasteiger partial charge in [-0.3, -0.25) is 4.79 Å². The van der Waals surface area contributed by atoms with Crippen molar-refractivity contribution in [3.8, 4) is 5.69 Å². The van der Waals surface area contributed by atoms with Crippen LogP contribution >= 0.6 is 0 Å². The summed E-state index contributed by atoms with van der Waals surface area (Å²) in [6, 6.07) is 15.7. The lowest BCUT2D eigenvalue weighted by atomic mass is 9.83. The summed E-state index contributed by atoms with van der Waals surface area (Å²) in [6.45, 7) is 2.52. The Balaban J connectivity index is 1.41. The van der Waals surface area contributed by atoms with Gasteiger partial charge < -0.3 is 9.47 Å². The second-order valence-corrected chi connectivity index (χ2v) is 7.93. The van der Waals surface area contributed by atoms with Crippen molar-refractivity contribution < 1.29 is 0 Å². The van der Waals surface area contributed by atoms with E-state index in [0.717, 1.165) is 54.3 Å². The summed E-state index contributed by atoms with van der Waals surface area (Å²) in [7, 11) is 0. The largest absolute Gasteiger partial charge is 0.355 e. The van der Waals surface area contributed by atoms with Gasteiger partial charge in [0, 0.05) is 37.3 Å². The van der Waals surface area contributed by atoms with Gasteiger partial charge in [0.15, 0.2) is 5.65 Å². The number of hydrogen-bond acceptors (Lipinski definition) is 5. The van der Waals surface area contributed by atoms with Crippen molar-refractivity contribution in [1.82, 2.24) is 24.3 Å². The van der Waals surface area contributed by atoms with Crippen LogP contribution in [0.4, 0.5) is 5.82 Å². The summed E-state index contributed by atoms with van der Waals surface area (Å²) < 4.78 is 3.82. The highest BCUT2D eigenvalue weighted by molar-refractivity contribution is 5.87. The average Bonchev–Trinajstić information content (AvgIpc) is 3.19. The normalized spacial score (nSPS) is 20.6. The van der Waals surface area contributed by atoms with Crippen LogP contribution in [0.5, 0.6) is 0 Å². The highest BCUT2D eigenvalue weighted by Crippen LogP contribution is 2.37. The van der Waals surface area contributed by atoms with Crippen molar-refractivity contribution in [2.75, 3.05) is 18.0 Å². The first-order chi connectivity index (χ1) is 14.3. The van der Waals surface area contributed by atoms with E-state index in [1.165, 1.54) is 0 Å². The first-order valence-corrected chi connectivity index (χ1v) is 9.97. The Bertz CT molecular complexity index is 1260. The van der Waals surface area contributed by atoms with Crippen molar-refractivity contribution in [2.45, 2.75) is 18.9 Å². The van der Waals surface area contributed by atoms with Gasteiger partial charge in [-0.05, 0) is 30.5 Å². The molecule has 0 spiro atoms. The minimum absolute atomic E-state index is 0.110. The molecular formula is C22H20N6O. The highest BCUT2D eigenvalue weighted by atomic mass is 16.1. The molecule has 29 heavy (non-hydrogen) atoms. The zero-order chi connectivity index (χ0) is 19.4. The van der Waals surface area contributed by atoms with Crippen molar-refractivity contribution in [3.63, 3.8) is 0 Å². The van der Waals surface area contributed by atoms with Gasteiger partial charge in [0.25, 0.3) is 5.56 Å². The predicted octanol–water partition coefficient (Wildman–Crippen LogP) is 2.60. The zero-order valence-electron chi connectivity index (χ0n) is 15.8. The summed E-state index contributed by atoms with van der Waals surface area (Å²) in [5.74, 6) is 1.71. The molecule has 0 aliphatic carbocycles. The molecule has 1 fully saturated rings. The van der Waals surface area contributed by atoms with Crippen LogP contribution in [0.2, 0.25) is 0 Å². The molecular weight excluding hydrogens is 364 g/mol. The van der Waals surface area contributed by atoms with Crippen LogP contribution < -0.4 is 10.5 Å². The third kappa shape index (κ3) is 2.57. The molecule has 0 unspecified atom stereocenters. The lowest BCUT2D eigenvalue weighted by Crippen LogP contribution is -2.47. The molecule has 0 radical (unpaired) electrons. The number of rotatable bonds is 2. The Kier molecular flexibility index (Phi) is 3.56. The molecule has 1 saturated heterocycles. The van der Waals surface area contributed by atoms with Gasteiger partial charge in [-0.1, -0.05) is 24.3 Å². The van der Waals surface area contributed by atoms with Gasteiger partial charge in [0.2, 0.25) is 0 Å². The van der Waals surface area contributed by atoms with E-state index in [1.54, 1.807) is 12.4 Å². The Morgan fingerprint density at radius 2 is 1.83 bits per heavy atom. The number of benzene rings is 1. The summed E-state index contributed by atoms with van der Waals surface area (Å²) in [6.07, 6.45) is 4.61. The Labute approximate surface area is 167 Å². The maximum Gasteiger partial charge on any atom is 0.250 e. The molecule has 0 saturated carbocycles. The fraction of sp³-hybridized carbons (Fsp3) is 0.273. The van der Waals surface area contributed by atoms with Crippen molar-refractivity contribution in [3.05, 3.63) is 77.1 Å². The minimum Gasteiger partial charge on any atom is -0.355 e. The molecule has 144 valence electrons. The summed E-state index contributed by atoms with van der Waals surface area (Å²) in [5.41, 5.74) is 3.05. The van der Waals surface area contributed by atoms with E-state index >= 15 is 0 Å². The molecule has 0 amide bonds. The first-order valence-electron chi connectivity index (χ1n) is 9.97. The van der Waals surface area contributed by atoms with E-state index in [0.29, 0.717) is 11.8 Å². The third-order valence-corrected chi connectivity index (χ3v) is 6.12. The van der Waals surface area contributed by atoms with E-state index in [-0.39, 0.29) is 5.56 Å². The topological polar surface area (TPSA) is 68.8 Å². The van der Waals surface area contributed by atoms with Gasteiger partial charge in [-0.15, -0.1) is 0 Å². The summed E-state index contributed by atoms with van der Waals surface area (Å²) in [5, 5.41) is 5.54. The van der Waals surface area contributed by atoms with E-state index in [9.17, 15) is 4.79 Å². The molecule has 2 bridgehead atoms. The average molecular weight is 384 g/mol. The fourth-order valence-corrected chi connectivity index (χ4v) is 4.91. The number of nitrogens with zero attached hydrogens (tertiary/aromatic N) is 6. The molecule has 2 atom stereocenters. The number of pyridine rings is 1. The van der Waals surface area contributed by atoms with E-state index in [2.05, 4.69) is 26.0 Å². The number of para-hydroxylation sites is 1. The standard InChI is InChI=1S/C22H20N6O/c29-20-8-4-7-19-16-9-15(12-27(19)20)11-26(13-16)21-18-10-25-28(22(18)24-14-23-21)17-5-2-1-3-6-17/h1-8,10,14-16H,9,11-13H2/t15-,16+/m0/s1. The van der Waals surface area contributed by atoms with Crippen LogP contribution in [-0.2, 0) is 6.54 Å². The van der Waals surface area contributed by atoms with Crippen LogP contribution in [0.15, 0.2) is 65.8 Å². The third-order valence-electron chi connectivity index (χ3n) is 6.12. The second kappa shape index (κ2) is 6.27. The van der Waals surface area contributed by atoms with E-state index in [4.69, 9.17) is 0 Å². The molecule has 3 aromatic heterocycles. The van der Waals surface area contributed by atoms with E-state index < -0.39 is 0 Å². The lowest BCUT2D eigenvalue weighted by Gasteiger charge is -2.43. The minimum atomic E-state index is 0.110. The monoisotopic (exact) mass is 384 g/mol. The van der Waals surface area contributed by atoms with Crippen molar-refractivity contribution >= 4 is 16.9 Å². The SMILES string of the molecule is O=c1cccc2n1C[C@H]1C[C@@H]2CN(c2ncnc3c2cnn3-c2ccccc2)C1. The Morgan fingerprint density at radius 3 is 2.72 bits per heavy atom. The lowest BCUT2D eigenvalue weighted by molar-refractivity contribution is 0.281. The maximum atomic E-state index is 12.3. The summed E-state index contributed by atoms with van der Waals surface area (Å²) in [4.78, 5) is 23.8. The van der Waals surface area contributed by atoms with Crippen LogP contribution in [0.1, 0.15) is 18.0 Å². The predicted molar refractivity (Wildman–Crippen MR) is 110 cm³/mol. The van der Waals surface area contributed by atoms with Crippen LogP contribution in [0.25, 0.3) is 16.7 Å². The van der Waals surface area contributed by atoms with Gasteiger partial charge in [0.05, 0.1) is 17.3 Å². The molecule has 6 rings (SSSR count). The highest BCUT2D eigenvalue weighted by Gasteiger charge is 2.35. The van der Waals surface area contributed by atoms with E-state index in [1.807, 2.05) is 51.8 Å². The number of fused-ring (bicyclic) bond motifs is 5. The first kappa shape index (κ1) is 16.5. The molecule has 7 heteroatoms. The number of piperidine rings is 1. The van der Waals surface area contributed by atoms with Crippen molar-refractivity contribution in [1.29, 1.82) is 0 Å². The maximum absolute atomic E-state index is 12.3. The van der Waals surface area contributed by atoms with Gasteiger partial charge in [-0.2, -0.15) is 5.10 Å². The second-order valence-electron chi connectivity index (χ2n) is 7.93. The molecule has 1 aromatic carbocycles. The number of hydrogen-bond donors (Lipinski definition) is 0. The smallest absolute Gasteiger partial charge is 0.250 e. The Hall–Kier alpha value is -3.48. The van der Waals surface area contributed by atoms with Crippen LogP contribution in [0.3, 0.4) is 0 Å². The summed E-state index contributed by atoms with van der Waals surface area (Å²) >= 11 is 0. The Morgan fingerprint density at radius 1 is 0.931 bits per heavy atom. The van der Waals surface area contributed by atoms with Gasteiger partial charge in [-0.25, -0.2) is 14.6 Å². The number of anilines is 1.